The Balaban J connectivity index is 1.79. The van der Waals surface area contributed by atoms with E-state index >= 15 is 0 Å². The molecular formula is C23H19N3O4. The van der Waals surface area contributed by atoms with Crippen molar-refractivity contribution in [3.8, 4) is 22.8 Å². The second kappa shape index (κ2) is 8.08. The molecule has 0 amide bonds. The van der Waals surface area contributed by atoms with E-state index in [1.54, 1.807) is 38.5 Å². The van der Waals surface area contributed by atoms with Gasteiger partial charge in [-0.3, -0.25) is 0 Å². The number of aromatic carboxylic acids is 1. The number of aromatic nitrogens is 2. The van der Waals surface area contributed by atoms with Gasteiger partial charge in [-0.15, -0.1) is 10.2 Å². The first-order chi connectivity index (χ1) is 14.6. The fourth-order valence-corrected chi connectivity index (χ4v) is 3.22. The Morgan fingerprint density at radius 1 is 0.900 bits per heavy atom. The van der Waals surface area contributed by atoms with Crippen molar-refractivity contribution in [2.45, 2.75) is 0 Å². The fraction of sp³-hybridized carbons (Fsp3) is 0.0870. The largest absolute Gasteiger partial charge is 0.497 e. The van der Waals surface area contributed by atoms with Gasteiger partial charge in [0.15, 0.2) is 5.82 Å². The van der Waals surface area contributed by atoms with Gasteiger partial charge in [-0.1, -0.05) is 36.4 Å². The zero-order valence-electron chi connectivity index (χ0n) is 16.4. The van der Waals surface area contributed by atoms with Crippen LogP contribution in [-0.4, -0.2) is 35.5 Å². The van der Waals surface area contributed by atoms with E-state index in [1.807, 2.05) is 42.5 Å². The standard InChI is InChI=1S/C23H19N3O4/c1-29-16-11-12-20(30-2)19(13-16)24-22-18-6-4-3-5-17(18)21(25-26-22)14-7-9-15(10-8-14)23(27)28/h3-13H,1-2H3,(H,24,26)(H,27,28). The fourth-order valence-electron chi connectivity index (χ4n) is 3.22. The first kappa shape index (κ1) is 19.2. The zero-order chi connectivity index (χ0) is 21.1. The predicted molar refractivity (Wildman–Crippen MR) is 115 cm³/mol. The number of rotatable bonds is 6. The molecule has 0 saturated heterocycles. The van der Waals surface area contributed by atoms with E-state index in [2.05, 4.69) is 15.5 Å². The van der Waals surface area contributed by atoms with Crippen LogP contribution in [0.2, 0.25) is 0 Å². The summed E-state index contributed by atoms with van der Waals surface area (Å²) in [6, 6.07) is 19.8. The average Bonchev–Trinajstić information content (AvgIpc) is 2.79. The van der Waals surface area contributed by atoms with Crippen molar-refractivity contribution in [1.29, 1.82) is 0 Å². The number of carbonyl (C=O) groups is 1. The van der Waals surface area contributed by atoms with Crippen LogP contribution in [0.1, 0.15) is 10.4 Å². The van der Waals surface area contributed by atoms with Crippen molar-refractivity contribution in [3.05, 3.63) is 72.3 Å². The average molecular weight is 401 g/mol. The Labute approximate surface area is 172 Å². The number of nitrogens with zero attached hydrogens (tertiary/aromatic N) is 2. The number of carboxylic acids is 1. The molecule has 7 heteroatoms. The molecule has 0 atom stereocenters. The molecule has 0 aliphatic rings. The molecule has 150 valence electrons. The van der Waals surface area contributed by atoms with Gasteiger partial charge in [-0.05, 0) is 24.3 Å². The molecule has 0 bridgehead atoms. The van der Waals surface area contributed by atoms with E-state index in [4.69, 9.17) is 14.6 Å². The maximum atomic E-state index is 11.1. The lowest BCUT2D eigenvalue weighted by Gasteiger charge is -2.14. The minimum atomic E-state index is -0.968. The molecule has 1 aromatic heterocycles. The van der Waals surface area contributed by atoms with Crippen molar-refractivity contribution in [3.63, 3.8) is 0 Å². The Hall–Kier alpha value is -4.13. The monoisotopic (exact) mass is 401 g/mol. The maximum Gasteiger partial charge on any atom is 0.335 e. The van der Waals surface area contributed by atoms with Crippen molar-refractivity contribution < 1.29 is 19.4 Å². The van der Waals surface area contributed by atoms with Gasteiger partial charge in [-0.25, -0.2) is 4.79 Å². The van der Waals surface area contributed by atoms with Crippen LogP contribution < -0.4 is 14.8 Å². The minimum Gasteiger partial charge on any atom is -0.497 e. The van der Waals surface area contributed by atoms with Crippen LogP contribution in [0.25, 0.3) is 22.0 Å². The summed E-state index contributed by atoms with van der Waals surface area (Å²) >= 11 is 0. The van der Waals surface area contributed by atoms with E-state index < -0.39 is 5.97 Å². The number of hydrogen-bond donors (Lipinski definition) is 2. The molecule has 0 radical (unpaired) electrons. The lowest BCUT2D eigenvalue weighted by Crippen LogP contribution is -2.01. The topological polar surface area (TPSA) is 93.6 Å². The quantitative estimate of drug-likeness (QED) is 0.481. The number of methoxy groups -OCH3 is 2. The van der Waals surface area contributed by atoms with Crippen molar-refractivity contribution in [2.24, 2.45) is 0 Å². The first-order valence-electron chi connectivity index (χ1n) is 9.19. The highest BCUT2D eigenvalue weighted by Gasteiger charge is 2.14. The number of benzene rings is 3. The number of ether oxygens (including phenoxy) is 2. The van der Waals surface area contributed by atoms with Crippen LogP contribution in [0.4, 0.5) is 11.5 Å². The van der Waals surface area contributed by atoms with Crippen LogP contribution in [0.15, 0.2) is 66.7 Å². The van der Waals surface area contributed by atoms with E-state index in [9.17, 15) is 4.79 Å². The summed E-state index contributed by atoms with van der Waals surface area (Å²) in [5.74, 6) is 0.938. The number of nitrogens with one attached hydrogen (secondary N) is 1. The van der Waals surface area contributed by atoms with Gasteiger partial charge in [-0.2, -0.15) is 0 Å². The van der Waals surface area contributed by atoms with Crippen LogP contribution in [0.5, 0.6) is 11.5 Å². The molecule has 0 unspecified atom stereocenters. The Morgan fingerprint density at radius 2 is 1.63 bits per heavy atom. The zero-order valence-corrected chi connectivity index (χ0v) is 16.4. The molecule has 4 rings (SSSR count). The lowest BCUT2D eigenvalue weighted by molar-refractivity contribution is 0.0697. The van der Waals surface area contributed by atoms with E-state index in [0.29, 0.717) is 28.7 Å². The number of fused-ring (bicyclic) bond motifs is 1. The van der Waals surface area contributed by atoms with Crippen molar-refractivity contribution >= 4 is 28.2 Å². The van der Waals surface area contributed by atoms with Gasteiger partial charge in [0, 0.05) is 22.4 Å². The van der Waals surface area contributed by atoms with Gasteiger partial charge < -0.3 is 19.9 Å². The normalized spacial score (nSPS) is 10.6. The molecule has 3 aromatic carbocycles. The predicted octanol–water partition coefficient (Wildman–Crippen LogP) is 4.76. The summed E-state index contributed by atoms with van der Waals surface area (Å²) in [5, 5.41) is 23.0. The second-order valence-electron chi connectivity index (χ2n) is 6.52. The molecule has 0 aliphatic carbocycles. The highest BCUT2D eigenvalue weighted by atomic mass is 16.5. The second-order valence-corrected chi connectivity index (χ2v) is 6.52. The summed E-state index contributed by atoms with van der Waals surface area (Å²) in [7, 11) is 3.20. The Kier molecular flexibility index (Phi) is 5.17. The SMILES string of the molecule is COc1ccc(OC)c(Nc2nnc(-c3ccc(C(=O)O)cc3)c3ccccc23)c1. The Morgan fingerprint density at radius 3 is 2.30 bits per heavy atom. The summed E-state index contributed by atoms with van der Waals surface area (Å²) in [6.45, 7) is 0. The van der Waals surface area contributed by atoms with Crippen LogP contribution in [-0.2, 0) is 0 Å². The smallest absolute Gasteiger partial charge is 0.335 e. The van der Waals surface area contributed by atoms with Crippen LogP contribution in [0, 0.1) is 0 Å². The summed E-state index contributed by atoms with van der Waals surface area (Å²) in [4.78, 5) is 11.1. The Bertz CT molecular complexity index is 1220. The van der Waals surface area contributed by atoms with Gasteiger partial charge in [0.2, 0.25) is 0 Å². The van der Waals surface area contributed by atoms with Crippen molar-refractivity contribution in [1.82, 2.24) is 10.2 Å². The van der Waals surface area contributed by atoms with Gasteiger partial charge in [0.25, 0.3) is 0 Å². The minimum absolute atomic E-state index is 0.222. The molecule has 1 heterocycles. The van der Waals surface area contributed by atoms with Crippen LogP contribution in [0.3, 0.4) is 0 Å². The van der Waals surface area contributed by atoms with Crippen LogP contribution >= 0.6 is 0 Å². The molecule has 0 spiro atoms. The van der Waals surface area contributed by atoms with Gasteiger partial charge in [0.1, 0.15) is 17.2 Å². The van der Waals surface area contributed by atoms with E-state index in [0.717, 1.165) is 16.3 Å². The summed E-state index contributed by atoms with van der Waals surface area (Å²) in [6.07, 6.45) is 0. The third-order valence-electron chi connectivity index (χ3n) is 4.75. The van der Waals surface area contributed by atoms with Gasteiger partial charge >= 0.3 is 5.97 Å². The summed E-state index contributed by atoms with van der Waals surface area (Å²) in [5.41, 5.74) is 2.38. The number of hydrogen-bond acceptors (Lipinski definition) is 6. The van der Waals surface area contributed by atoms with E-state index in [-0.39, 0.29) is 5.56 Å². The highest BCUT2D eigenvalue weighted by Crippen LogP contribution is 2.35. The molecule has 0 aliphatic heterocycles. The van der Waals surface area contributed by atoms with Crippen molar-refractivity contribution in [2.75, 3.05) is 19.5 Å². The molecule has 0 saturated carbocycles. The highest BCUT2D eigenvalue weighted by molar-refractivity contribution is 6.01. The third kappa shape index (κ3) is 3.60. The molecule has 7 nitrogen and oxygen atoms in total. The molecule has 2 N–H and O–H groups in total. The number of carboxylic acid groups (broad SMARTS) is 1. The molecule has 0 fully saturated rings. The summed E-state index contributed by atoms with van der Waals surface area (Å²) < 4.78 is 10.7. The molecule has 30 heavy (non-hydrogen) atoms. The third-order valence-corrected chi connectivity index (χ3v) is 4.75. The lowest BCUT2D eigenvalue weighted by atomic mass is 10.0. The molecule has 4 aromatic rings. The van der Waals surface area contributed by atoms with Gasteiger partial charge in [0.05, 0.1) is 25.5 Å². The maximum absolute atomic E-state index is 11.1. The number of anilines is 2. The molecular weight excluding hydrogens is 382 g/mol. The van der Waals surface area contributed by atoms with E-state index in [1.165, 1.54) is 0 Å². The first-order valence-corrected chi connectivity index (χ1v) is 9.19.